The van der Waals surface area contributed by atoms with E-state index < -0.39 is 0 Å². The van der Waals surface area contributed by atoms with E-state index in [1.807, 2.05) is 11.3 Å². The second-order valence-electron chi connectivity index (χ2n) is 8.08. The summed E-state index contributed by atoms with van der Waals surface area (Å²) in [6, 6.07) is 17.8. The largest absolute Gasteiger partial charge is 1.00 e. The summed E-state index contributed by atoms with van der Waals surface area (Å²) < 4.78 is 6.13. The first-order valence-corrected chi connectivity index (χ1v) is 10.8. The molecule has 2 aromatic heterocycles. The van der Waals surface area contributed by atoms with E-state index in [4.69, 9.17) is 0 Å². The molecular weight excluding hydrogens is 396 g/mol. The van der Waals surface area contributed by atoms with Crippen LogP contribution in [0, 0.1) is 0 Å². The smallest absolute Gasteiger partial charge is 0.209 e. The summed E-state index contributed by atoms with van der Waals surface area (Å²) in [4.78, 5) is 0. The lowest BCUT2D eigenvalue weighted by molar-refractivity contribution is -0.401. The summed E-state index contributed by atoms with van der Waals surface area (Å²) >= 11 is 1.84. The van der Waals surface area contributed by atoms with Crippen molar-refractivity contribution in [3.8, 4) is 0 Å². The highest BCUT2D eigenvalue weighted by atomic mass is 35.5. The zero-order valence-corrected chi connectivity index (χ0v) is 18.8. The Morgan fingerprint density at radius 3 is 2.59 bits per heavy atom. The minimum absolute atomic E-state index is 0. The third kappa shape index (κ3) is 2.87. The standard InChI is InChI=1S/C25H25N2S.ClH/c1-5-27-20-12-10-17(16-18(20)24-22(27)14-15-28-24)11-13-23-25(2,3)19-8-6-7-9-21(19)26(23)4;/h6-16H,5H2,1-4H3;1H/q+1;/p-1. The van der Waals surface area contributed by atoms with E-state index in [1.54, 1.807) is 0 Å². The van der Waals surface area contributed by atoms with E-state index in [9.17, 15) is 0 Å². The van der Waals surface area contributed by atoms with Gasteiger partial charge < -0.3 is 17.0 Å². The van der Waals surface area contributed by atoms with Crippen LogP contribution in [0.5, 0.6) is 0 Å². The number of allylic oxidation sites excluding steroid dienone is 1. The van der Waals surface area contributed by atoms with E-state index in [-0.39, 0.29) is 17.8 Å². The Morgan fingerprint density at radius 1 is 1.03 bits per heavy atom. The molecule has 1 aliphatic rings. The quantitative estimate of drug-likeness (QED) is 0.447. The fourth-order valence-corrected chi connectivity index (χ4v) is 5.66. The summed E-state index contributed by atoms with van der Waals surface area (Å²) in [5.74, 6) is 0. The Hall–Kier alpha value is -2.36. The first kappa shape index (κ1) is 19.9. The molecule has 0 saturated heterocycles. The van der Waals surface area contributed by atoms with Gasteiger partial charge in [-0.1, -0.05) is 24.3 Å². The molecule has 0 atom stereocenters. The highest BCUT2D eigenvalue weighted by Gasteiger charge is 2.42. The maximum atomic E-state index is 2.41. The molecule has 4 aromatic rings. The molecule has 29 heavy (non-hydrogen) atoms. The van der Waals surface area contributed by atoms with Crippen molar-refractivity contribution in [3.05, 3.63) is 71.1 Å². The van der Waals surface area contributed by atoms with E-state index in [1.165, 1.54) is 43.6 Å². The molecule has 0 saturated carbocycles. The van der Waals surface area contributed by atoms with Crippen molar-refractivity contribution in [3.63, 3.8) is 0 Å². The van der Waals surface area contributed by atoms with Gasteiger partial charge >= 0.3 is 0 Å². The molecule has 0 unspecified atom stereocenters. The lowest BCUT2D eigenvalue weighted by Crippen LogP contribution is -3.00. The van der Waals surface area contributed by atoms with Gasteiger partial charge in [0.05, 0.1) is 15.6 Å². The van der Waals surface area contributed by atoms with Gasteiger partial charge in [0.25, 0.3) is 0 Å². The van der Waals surface area contributed by atoms with E-state index >= 15 is 0 Å². The number of halogens is 1. The molecule has 0 bridgehead atoms. The Bertz CT molecular complexity index is 1290. The van der Waals surface area contributed by atoms with Crippen molar-refractivity contribution in [1.29, 1.82) is 0 Å². The predicted molar refractivity (Wildman–Crippen MR) is 122 cm³/mol. The Balaban J connectivity index is 0.00000205. The van der Waals surface area contributed by atoms with Gasteiger partial charge in [-0.15, -0.1) is 11.3 Å². The lowest BCUT2D eigenvalue weighted by atomic mass is 9.81. The summed E-state index contributed by atoms with van der Waals surface area (Å²) in [7, 11) is 2.17. The van der Waals surface area contributed by atoms with Crippen LogP contribution >= 0.6 is 11.3 Å². The van der Waals surface area contributed by atoms with Gasteiger partial charge in [-0.2, -0.15) is 4.58 Å². The molecule has 0 N–H and O–H groups in total. The average Bonchev–Trinajstić information content (AvgIpc) is 3.33. The molecule has 2 aromatic carbocycles. The molecule has 0 spiro atoms. The Kier molecular flexibility index (Phi) is 4.92. The molecule has 4 heteroatoms. The molecular formula is C25H25ClN2S. The van der Waals surface area contributed by atoms with Gasteiger partial charge in [0.15, 0.2) is 5.71 Å². The number of hydrogen-bond donors (Lipinski definition) is 0. The number of thiophene rings is 1. The van der Waals surface area contributed by atoms with Crippen LogP contribution in [-0.2, 0) is 12.0 Å². The summed E-state index contributed by atoms with van der Waals surface area (Å²) in [5, 5.41) is 3.56. The third-order valence-electron chi connectivity index (χ3n) is 6.18. The van der Waals surface area contributed by atoms with Crippen molar-refractivity contribution < 1.29 is 17.0 Å². The maximum Gasteiger partial charge on any atom is 0.209 e. The van der Waals surface area contributed by atoms with Gasteiger partial charge in [-0.05, 0) is 56.0 Å². The minimum Gasteiger partial charge on any atom is -1.00 e. The predicted octanol–water partition coefficient (Wildman–Crippen LogP) is 3.60. The van der Waals surface area contributed by atoms with Crippen LogP contribution in [0.2, 0.25) is 0 Å². The van der Waals surface area contributed by atoms with Crippen molar-refractivity contribution in [2.24, 2.45) is 0 Å². The number of rotatable bonds is 3. The normalized spacial score (nSPS) is 15.4. The molecule has 0 radical (unpaired) electrons. The number of para-hydroxylation sites is 1. The van der Waals surface area contributed by atoms with Crippen LogP contribution in [-0.4, -0.2) is 21.9 Å². The third-order valence-corrected chi connectivity index (χ3v) is 7.12. The van der Waals surface area contributed by atoms with Crippen molar-refractivity contribution in [2.45, 2.75) is 32.7 Å². The zero-order chi connectivity index (χ0) is 19.5. The van der Waals surface area contributed by atoms with E-state index in [0.29, 0.717) is 0 Å². The lowest BCUT2D eigenvalue weighted by Gasteiger charge is -2.15. The van der Waals surface area contributed by atoms with Gasteiger partial charge in [-0.3, -0.25) is 0 Å². The van der Waals surface area contributed by atoms with Crippen molar-refractivity contribution >= 4 is 49.9 Å². The number of hydrogen-bond acceptors (Lipinski definition) is 1. The van der Waals surface area contributed by atoms with Gasteiger partial charge in [0, 0.05) is 35.2 Å². The first-order chi connectivity index (χ1) is 13.5. The van der Waals surface area contributed by atoms with Crippen LogP contribution in [0.1, 0.15) is 31.9 Å². The molecule has 5 rings (SSSR count). The van der Waals surface area contributed by atoms with Crippen LogP contribution in [0.25, 0.3) is 27.2 Å². The number of nitrogens with zero attached hydrogens (tertiary/aromatic N) is 2. The topological polar surface area (TPSA) is 7.94 Å². The molecule has 0 aliphatic carbocycles. The molecule has 0 amide bonds. The summed E-state index contributed by atoms with van der Waals surface area (Å²) in [6.07, 6.45) is 4.56. The number of aromatic nitrogens is 1. The summed E-state index contributed by atoms with van der Waals surface area (Å²) in [5.41, 5.74) is 7.99. The highest BCUT2D eigenvalue weighted by Crippen LogP contribution is 2.39. The van der Waals surface area contributed by atoms with Crippen molar-refractivity contribution in [2.75, 3.05) is 7.05 Å². The number of aryl methyl sites for hydroxylation is 1. The highest BCUT2D eigenvalue weighted by molar-refractivity contribution is 7.18. The zero-order valence-electron chi connectivity index (χ0n) is 17.2. The molecule has 148 valence electrons. The second kappa shape index (κ2) is 7.16. The van der Waals surface area contributed by atoms with Crippen LogP contribution < -0.4 is 12.4 Å². The average molecular weight is 421 g/mol. The van der Waals surface area contributed by atoms with Gasteiger partial charge in [0.1, 0.15) is 7.05 Å². The molecule has 0 fully saturated rings. The Labute approximate surface area is 182 Å². The fourth-order valence-electron chi connectivity index (χ4n) is 4.74. The first-order valence-electron chi connectivity index (χ1n) is 9.90. The minimum atomic E-state index is 0. The maximum absolute atomic E-state index is 2.41. The molecule has 1 aliphatic heterocycles. The van der Waals surface area contributed by atoms with Crippen molar-refractivity contribution in [1.82, 2.24) is 4.57 Å². The van der Waals surface area contributed by atoms with Gasteiger partial charge in [-0.25, -0.2) is 0 Å². The van der Waals surface area contributed by atoms with Gasteiger partial charge in [0.2, 0.25) is 5.69 Å². The monoisotopic (exact) mass is 420 g/mol. The molecule has 3 heterocycles. The fraction of sp³-hybridized carbons (Fsp3) is 0.240. The van der Waals surface area contributed by atoms with E-state index in [0.717, 1.165) is 6.54 Å². The number of fused-ring (bicyclic) bond motifs is 4. The second-order valence-corrected chi connectivity index (χ2v) is 8.99. The van der Waals surface area contributed by atoms with Crippen LogP contribution in [0.15, 0.2) is 60.0 Å². The SMILES string of the molecule is CCn1c2ccc(C=CC3=[N+](C)c4ccccc4C3(C)C)cc2c2sccc21.[Cl-]. The van der Waals surface area contributed by atoms with E-state index in [2.05, 4.69) is 103 Å². The number of benzene rings is 2. The van der Waals surface area contributed by atoms with Crippen LogP contribution in [0.4, 0.5) is 5.69 Å². The molecule has 2 nitrogen and oxygen atoms in total. The summed E-state index contributed by atoms with van der Waals surface area (Å²) in [6.45, 7) is 7.85. The van der Waals surface area contributed by atoms with Crippen LogP contribution in [0.3, 0.4) is 0 Å². The Morgan fingerprint density at radius 2 is 1.83 bits per heavy atom.